The van der Waals surface area contributed by atoms with E-state index in [-0.39, 0.29) is 18.4 Å². The topological polar surface area (TPSA) is 88.4 Å². The molecule has 0 aromatic heterocycles. The van der Waals surface area contributed by atoms with Crippen LogP contribution in [0, 0.1) is 17.2 Å². The fraction of sp³-hybridized carbons (Fsp3) is 0.389. The molecule has 6 heteroatoms. The van der Waals surface area contributed by atoms with Crippen LogP contribution in [0.5, 0.6) is 5.75 Å². The van der Waals surface area contributed by atoms with Crippen molar-refractivity contribution in [2.24, 2.45) is 5.92 Å². The highest BCUT2D eigenvalue weighted by Crippen LogP contribution is 2.13. The summed E-state index contributed by atoms with van der Waals surface area (Å²) in [6.45, 7) is 3.81. The van der Waals surface area contributed by atoms with Gasteiger partial charge in [0.25, 0.3) is 0 Å². The molecule has 2 unspecified atom stereocenters. The highest BCUT2D eigenvalue weighted by molar-refractivity contribution is 5.94. The molecule has 0 spiro atoms. The van der Waals surface area contributed by atoms with Gasteiger partial charge in [0.05, 0.1) is 7.11 Å². The number of hydrogen-bond donors (Lipinski definition) is 1. The smallest absolute Gasteiger partial charge is 0.328 e. The van der Waals surface area contributed by atoms with E-state index >= 15 is 0 Å². The van der Waals surface area contributed by atoms with Gasteiger partial charge in [-0.05, 0) is 29.7 Å². The second-order valence-electron chi connectivity index (χ2n) is 5.24. The van der Waals surface area contributed by atoms with Crippen molar-refractivity contribution in [1.29, 1.82) is 5.26 Å². The Kier molecular flexibility index (Phi) is 8.06. The number of ether oxygens (including phenoxy) is 2. The highest BCUT2D eigenvalue weighted by Gasteiger charge is 2.25. The zero-order valence-corrected chi connectivity index (χ0v) is 14.1. The maximum absolute atomic E-state index is 12.0. The van der Waals surface area contributed by atoms with Crippen LogP contribution in [-0.2, 0) is 14.3 Å². The van der Waals surface area contributed by atoms with E-state index in [0.717, 1.165) is 12.0 Å². The number of nitrogens with one attached hydrogen (secondary N) is 1. The second-order valence-corrected chi connectivity index (χ2v) is 5.24. The summed E-state index contributed by atoms with van der Waals surface area (Å²) in [5.74, 6) is -0.257. The van der Waals surface area contributed by atoms with E-state index in [4.69, 9.17) is 14.7 Å². The first-order valence-electron chi connectivity index (χ1n) is 7.68. The van der Waals surface area contributed by atoms with Crippen molar-refractivity contribution in [2.45, 2.75) is 26.3 Å². The molecule has 0 aliphatic carbocycles. The van der Waals surface area contributed by atoms with Gasteiger partial charge >= 0.3 is 5.97 Å². The van der Waals surface area contributed by atoms with Gasteiger partial charge < -0.3 is 14.8 Å². The summed E-state index contributed by atoms with van der Waals surface area (Å²) >= 11 is 0. The average molecular weight is 330 g/mol. The van der Waals surface area contributed by atoms with Crippen LogP contribution in [0.4, 0.5) is 0 Å². The van der Waals surface area contributed by atoms with Crippen molar-refractivity contribution in [3.8, 4) is 11.8 Å². The van der Waals surface area contributed by atoms with Crippen LogP contribution in [-0.4, -0.2) is 31.6 Å². The molecule has 2 atom stereocenters. The SMILES string of the molecule is CCC(C)C(NC(=O)/C=C/c1ccc(OCC#N)cc1)C(=O)OC. The van der Waals surface area contributed by atoms with Crippen molar-refractivity contribution in [2.75, 3.05) is 13.7 Å². The standard InChI is InChI=1S/C18H22N2O4/c1-4-13(2)17(18(22)23-3)20-16(21)10-7-14-5-8-15(9-6-14)24-12-11-19/h5-10,13,17H,4,12H2,1-3H3,(H,20,21)/b10-7+. The summed E-state index contributed by atoms with van der Waals surface area (Å²) in [5.41, 5.74) is 0.799. The number of methoxy groups -OCH3 is 1. The maximum Gasteiger partial charge on any atom is 0.328 e. The third-order valence-electron chi connectivity index (χ3n) is 3.58. The number of rotatable bonds is 8. The van der Waals surface area contributed by atoms with Gasteiger partial charge in [0.2, 0.25) is 5.91 Å². The lowest BCUT2D eigenvalue weighted by atomic mass is 9.99. The predicted octanol–water partition coefficient (Wildman–Crippen LogP) is 2.31. The number of hydrogen-bond acceptors (Lipinski definition) is 5. The molecule has 0 saturated carbocycles. The summed E-state index contributed by atoms with van der Waals surface area (Å²) in [7, 11) is 1.30. The van der Waals surface area contributed by atoms with Crippen LogP contribution in [0.15, 0.2) is 30.3 Å². The van der Waals surface area contributed by atoms with Crippen LogP contribution in [0.3, 0.4) is 0 Å². The quantitative estimate of drug-likeness (QED) is 0.583. The second kappa shape index (κ2) is 10.1. The lowest BCUT2D eigenvalue weighted by Gasteiger charge is -2.20. The zero-order valence-electron chi connectivity index (χ0n) is 14.1. The van der Waals surface area contributed by atoms with Crippen LogP contribution in [0.1, 0.15) is 25.8 Å². The average Bonchev–Trinajstić information content (AvgIpc) is 2.62. The molecule has 0 fully saturated rings. The van der Waals surface area contributed by atoms with E-state index in [0.29, 0.717) is 5.75 Å². The number of esters is 1. The van der Waals surface area contributed by atoms with E-state index < -0.39 is 12.0 Å². The van der Waals surface area contributed by atoms with E-state index in [1.807, 2.05) is 19.9 Å². The Balaban J connectivity index is 2.67. The molecule has 1 N–H and O–H groups in total. The minimum absolute atomic E-state index is 0.0118. The van der Waals surface area contributed by atoms with E-state index in [9.17, 15) is 9.59 Å². The molecule has 0 radical (unpaired) electrons. The lowest BCUT2D eigenvalue weighted by Crippen LogP contribution is -2.45. The zero-order chi connectivity index (χ0) is 17.9. The molecule has 0 aliphatic rings. The Bertz CT molecular complexity index is 617. The van der Waals surface area contributed by atoms with Gasteiger partial charge in [-0.25, -0.2) is 4.79 Å². The summed E-state index contributed by atoms with van der Waals surface area (Å²) < 4.78 is 9.88. The first-order valence-corrected chi connectivity index (χ1v) is 7.68. The Morgan fingerprint density at radius 2 is 2.00 bits per heavy atom. The molecule has 1 aromatic rings. The van der Waals surface area contributed by atoms with Crippen LogP contribution in [0.2, 0.25) is 0 Å². The number of carbonyl (C=O) groups is 2. The number of nitriles is 1. The van der Waals surface area contributed by atoms with Crippen molar-refractivity contribution in [3.05, 3.63) is 35.9 Å². The predicted molar refractivity (Wildman–Crippen MR) is 90.0 cm³/mol. The summed E-state index contributed by atoms with van der Waals surface area (Å²) in [6, 6.07) is 8.18. The molecule has 6 nitrogen and oxygen atoms in total. The fourth-order valence-corrected chi connectivity index (χ4v) is 1.96. The van der Waals surface area contributed by atoms with Gasteiger partial charge in [0.1, 0.15) is 17.9 Å². The minimum atomic E-state index is -0.668. The normalized spacial score (nSPS) is 12.9. The third-order valence-corrected chi connectivity index (χ3v) is 3.58. The molecule has 128 valence electrons. The van der Waals surface area contributed by atoms with Crippen LogP contribution < -0.4 is 10.1 Å². The molecule has 0 aliphatic heterocycles. The van der Waals surface area contributed by atoms with Gasteiger partial charge in [-0.1, -0.05) is 32.4 Å². The van der Waals surface area contributed by atoms with Crippen molar-refractivity contribution in [1.82, 2.24) is 5.32 Å². The van der Waals surface area contributed by atoms with E-state index in [1.165, 1.54) is 13.2 Å². The number of amides is 1. The molecule has 1 amide bonds. The summed E-state index contributed by atoms with van der Waals surface area (Å²) in [4.78, 5) is 23.8. The van der Waals surface area contributed by atoms with Crippen LogP contribution >= 0.6 is 0 Å². The first kappa shape index (κ1) is 19.2. The van der Waals surface area contributed by atoms with Gasteiger partial charge in [-0.3, -0.25) is 4.79 Å². The molecular weight excluding hydrogens is 308 g/mol. The maximum atomic E-state index is 12.0. The number of carbonyl (C=O) groups excluding carboxylic acids is 2. The van der Waals surface area contributed by atoms with Crippen molar-refractivity contribution < 1.29 is 19.1 Å². The number of benzene rings is 1. The Morgan fingerprint density at radius 1 is 1.33 bits per heavy atom. The third kappa shape index (κ3) is 6.13. The number of nitrogens with zero attached hydrogens (tertiary/aromatic N) is 1. The molecule has 0 saturated heterocycles. The van der Waals surface area contributed by atoms with Gasteiger partial charge in [-0.2, -0.15) is 5.26 Å². The van der Waals surface area contributed by atoms with Crippen molar-refractivity contribution in [3.63, 3.8) is 0 Å². The van der Waals surface area contributed by atoms with Crippen LogP contribution in [0.25, 0.3) is 6.08 Å². The monoisotopic (exact) mass is 330 g/mol. The molecule has 1 rings (SSSR count). The summed E-state index contributed by atoms with van der Waals surface area (Å²) in [5, 5.41) is 11.1. The van der Waals surface area contributed by atoms with E-state index in [1.54, 1.807) is 30.3 Å². The molecule has 1 aromatic carbocycles. The summed E-state index contributed by atoms with van der Waals surface area (Å²) in [6.07, 6.45) is 3.74. The van der Waals surface area contributed by atoms with Gasteiger partial charge in [0.15, 0.2) is 6.61 Å². The molecule has 0 heterocycles. The Labute approximate surface area is 142 Å². The Hall–Kier alpha value is -2.81. The first-order chi connectivity index (χ1) is 11.5. The lowest BCUT2D eigenvalue weighted by molar-refractivity contribution is -0.146. The van der Waals surface area contributed by atoms with E-state index in [2.05, 4.69) is 5.32 Å². The molecular formula is C18H22N2O4. The Morgan fingerprint density at radius 3 is 2.54 bits per heavy atom. The molecule has 0 bridgehead atoms. The highest BCUT2D eigenvalue weighted by atomic mass is 16.5. The van der Waals surface area contributed by atoms with Crippen molar-refractivity contribution >= 4 is 18.0 Å². The molecule has 24 heavy (non-hydrogen) atoms. The largest absolute Gasteiger partial charge is 0.479 e. The fourth-order valence-electron chi connectivity index (χ4n) is 1.96. The van der Waals surface area contributed by atoms with Gasteiger partial charge in [0, 0.05) is 6.08 Å². The van der Waals surface area contributed by atoms with Gasteiger partial charge in [-0.15, -0.1) is 0 Å². The minimum Gasteiger partial charge on any atom is -0.479 e.